The second-order valence-electron chi connectivity index (χ2n) is 8.00. The van der Waals surface area contributed by atoms with Crippen molar-refractivity contribution < 1.29 is 32.9 Å². The summed E-state index contributed by atoms with van der Waals surface area (Å²) in [5.41, 5.74) is 2.71. The van der Waals surface area contributed by atoms with Crippen LogP contribution in [-0.4, -0.2) is 51.3 Å². The Hall–Kier alpha value is -4.07. The van der Waals surface area contributed by atoms with Gasteiger partial charge in [-0.05, 0) is 78.2 Å². The topological polar surface area (TPSA) is 74.3 Å². The molecule has 3 aromatic rings. The van der Waals surface area contributed by atoms with E-state index in [0.29, 0.717) is 41.3 Å². The second-order valence-corrected chi connectivity index (χ2v) is 8.00. The lowest BCUT2D eigenvalue weighted by Crippen LogP contribution is -2.42. The number of rotatable bonds is 7. The van der Waals surface area contributed by atoms with Crippen LogP contribution in [0.1, 0.15) is 37.9 Å². The first-order valence-electron chi connectivity index (χ1n) is 11.1. The van der Waals surface area contributed by atoms with Gasteiger partial charge in [-0.15, -0.1) is 0 Å². The molecular formula is C27H26FNO6. The Balaban J connectivity index is 1.66. The molecular weight excluding hydrogens is 453 g/mol. The predicted molar refractivity (Wildman–Crippen MR) is 127 cm³/mol. The number of hydrogen-bond acceptors (Lipinski definition) is 6. The van der Waals surface area contributed by atoms with Gasteiger partial charge in [-0.25, -0.2) is 9.18 Å². The van der Waals surface area contributed by atoms with Crippen molar-refractivity contribution in [2.75, 3.05) is 34.5 Å². The first-order chi connectivity index (χ1) is 16.9. The van der Waals surface area contributed by atoms with E-state index in [2.05, 4.69) is 0 Å². The van der Waals surface area contributed by atoms with Gasteiger partial charge in [0.1, 0.15) is 18.2 Å². The molecule has 0 unspecified atom stereocenters. The molecule has 4 rings (SSSR count). The molecule has 1 amide bonds. The Morgan fingerprint density at radius 3 is 2.17 bits per heavy atom. The molecule has 8 heteroatoms. The van der Waals surface area contributed by atoms with Crippen molar-refractivity contribution in [2.24, 2.45) is 0 Å². The Labute approximate surface area is 203 Å². The van der Waals surface area contributed by atoms with Crippen LogP contribution in [0.15, 0.2) is 60.7 Å². The maximum atomic E-state index is 13.4. The average Bonchev–Trinajstić information content (AvgIpc) is 2.90. The summed E-state index contributed by atoms with van der Waals surface area (Å²) in [6.07, 6.45) is 0.618. The molecule has 1 aliphatic rings. The van der Waals surface area contributed by atoms with Crippen LogP contribution in [0.2, 0.25) is 0 Å². The highest BCUT2D eigenvalue weighted by atomic mass is 19.1. The second kappa shape index (κ2) is 10.5. The molecule has 0 aromatic heterocycles. The third kappa shape index (κ3) is 5.06. The van der Waals surface area contributed by atoms with Crippen LogP contribution < -0.4 is 14.2 Å². The van der Waals surface area contributed by atoms with Crippen LogP contribution >= 0.6 is 0 Å². The van der Waals surface area contributed by atoms with Gasteiger partial charge in [0.05, 0.1) is 32.9 Å². The highest BCUT2D eigenvalue weighted by molar-refractivity contribution is 5.94. The molecule has 1 aliphatic heterocycles. The van der Waals surface area contributed by atoms with E-state index in [1.807, 2.05) is 12.1 Å². The van der Waals surface area contributed by atoms with Crippen molar-refractivity contribution in [3.63, 3.8) is 0 Å². The van der Waals surface area contributed by atoms with Crippen molar-refractivity contribution in [1.82, 2.24) is 4.90 Å². The zero-order valence-corrected chi connectivity index (χ0v) is 19.7. The summed E-state index contributed by atoms with van der Waals surface area (Å²) >= 11 is 0. The molecule has 0 fully saturated rings. The summed E-state index contributed by atoms with van der Waals surface area (Å²) < 4.78 is 35.2. The number of carbonyl (C=O) groups is 2. The molecule has 0 aliphatic carbocycles. The third-order valence-corrected chi connectivity index (χ3v) is 6.04. The lowest BCUT2D eigenvalue weighted by atomic mass is 9.91. The lowest BCUT2D eigenvalue weighted by Gasteiger charge is -2.37. The Morgan fingerprint density at radius 1 is 0.914 bits per heavy atom. The summed E-state index contributed by atoms with van der Waals surface area (Å²) in [6, 6.07) is 15.4. The quantitative estimate of drug-likeness (QED) is 0.466. The number of benzene rings is 3. The van der Waals surface area contributed by atoms with Crippen molar-refractivity contribution in [1.29, 1.82) is 0 Å². The third-order valence-electron chi connectivity index (χ3n) is 6.04. The van der Waals surface area contributed by atoms with E-state index in [9.17, 15) is 14.0 Å². The molecule has 0 bridgehead atoms. The smallest absolute Gasteiger partial charge is 0.337 e. The number of amides is 1. The highest BCUT2D eigenvalue weighted by Crippen LogP contribution is 2.39. The summed E-state index contributed by atoms with van der Waals surface area (Å²) in [5, 5.41) is 0. The molecule has 0 N–H and O–H groups in total. The molecule has 3 aromatic carbocycles. The standard InChI is InChI=1S/C27H26FNO6/c1-32-24-14-19-12-13-29(26(30)17-4-8-20(28)9-5-17)23(22(19)15-25(24)33-2)16-35-21-10-6-18(7-11-21)27(31)34-3/h4-11,14-15,23H,12-13,16H2,1-3H3/t23-/m1/s1. The monoisotopic (exact) mass is 479 g/mol. The zero-order valence-electron chi connectivity index (χ0n) is 19.7. The van der Waals surface area contributed by atoms with Gasteiger partial charge in [0.25, 0.3) is 5.91 Å². The van der Waals surface area contributed by atoms with E-state index in [-0.39, 0.29) is 12.5 Å². The Bertz CT molecular complexity index is 1210. The molecule has 0 spiro atoms. The number of ether oxygens (including phenoxy) is 4. The van der Waals surface area contributed by atoms with E-state index in [4.69, 9.17) is 18.9 Å². The Kier molecular flexibility index (Phi) is 7.19. The van der Waals surface area contributed by atoms with Crippen LogP contribution in [0.5, 0.6) is 17.2 Å². The van der Waals surface area contributed by atoms with Gasteiger partial charge in [0.2, 0.25) is 0 Å². The summed E-state index contributed by atoms with van der Waals surface area (Å²) in [4.78, 5) is 26.8. The maximum Gasteiger partial charge on any atom is 0.337 e. The number of nitrogens with zero attached hydrogens (tertiary/aromatic N) is 1. The number of carbonyl (C=O) groups excluding carboxylic acids is 2. The number of halogens is 1. The van der Waals surface area contributed by atoms with Crippen LogP contribution in [-0.2, 0) is 11.2 Å². The largest absolute Gasteiger partial charge is 0.493 e. The van der Waals surface area contributed by atoms with Gasteiger partial charge in [-0.2, -0.15) is 0 Å². The lowest BCUT2D eigenvalue weighted by molar-refractivity contribution is 0.0582. The van der Waals surface area contributed by atoms with Gasteiger partial charge in [0.15, 0.2) is 11.5 Å². The fourth-order valence-corrected chi connectivity index (χ4v) is 4.19. The van der Waals surface area contributed by atoms with E-state index < -0.39 is 17.8 Å². The van der Waals surface area contributed by atoms with Crippen LogP contribution in [0, 0.1) is 5.82 Å². The number of hydrogen-bond donors (Lipinski definition) is 0. The van der Waals surface area contributed by atoms with E-state index >= 15 is 0 Å². The number of methoxy groups -OCH3 is 3. The molecule has 0 saturated heterocycles. The van der Waals surface area contributed by atoms with E-state index in [1.165, 1.54) is 31.4 Å². The molecule has 0 radical (unpaired) electrons. The van der Waals surface area contributed by atoms with E-state index in [0.717, 1.165) is 11.1 Å². The minimum Gasteiger partial charge on any atom is -0.493 e. The van der Waals surface area contributed by atoms with Gasteiger partial charge in [-0.1, -0.05) is 0 Å². The van der Waals surface area contributed by atoms with Gasteiger partial charge >= 0.3 is 5.97 Å². The molecule has 35 heavy (non-hydrogen) atoms. The van der Waals surface area contributed by atoms with Gasteiger partial charge in [-0.3, -0.25) is 4.79 Å². The first-order valence-corrected chi connectivity index (χ1v) is 11.1. The summed E-state index contributed by atoms with van der Waals surface area (Å²) in [5.74, 6) is 0.643. The minimum atomic E-state index is -0.435. The first kappa shape index (κ1) is 24.1. The fourth-order valence-electron chi connectivity index (χ4n) is 4.19. The molecule has 0 saturated carbocycles. The van der Waals surface area contributed by atoms with Gasteiger partial charge in [0, 0.05) is 12.1 Å². The zero-order chi connectivity index (χ0) is 24.9. The van der Waals surface area contributed by atoms with Crippen LogP contribution in [0.3, 0.4) is 0 Å². The Morgan fingerprint density at radius 2 is 1.54 bits per heavy atom. The average molecular weight is 480 g/mol. The van der Waals surface area contributed by atoms with Crippen molar-refractivity contribution in [2.45, 2.75) is 12.5 Å². The van der Waals surface area contributed by atoms with Crippen LogP contribution in [0.25, 0.3) is 0 Å². The SMILES string of the molecule is COC(=O)c1ccc(OC[C@@H]2c3cc(OC)c(OC)cc3CCN2C(=O)c2ccc(F)cc2)cc1. The summed E-state index contributed by atoms with van der Waals surface area (Å²) in [7, 11) is 4.46. The van der Waals surface area contributed by atoms with Crippen LogP contribution in [0.4, 0.5) is 4.39 Å². The highest BCUT2D eigenvalue weighted by Gasteiger charge is 2.33. The molecule has 1 atom stereocenters. The van der Waals surface area contributed by atoms with E-state index in [1.54, 1.807) is 43.4 Å². The normalized spacial score (nSPS) is 14.6. The maximum absolute atomic E-state index is 13.4. The van der Waals surface area contributed by atoms with Gasteiger partial charge < -0.3 is 23.8 Å². The number of esters is 1. The molecule has 7 nitrogen and oxygen atoms in total. The minimum absolute atomic E-state index is 0.160. The van der Waals surface area contributed by atoms with Crippen molar-refractivity contribution in [3.05, 3.63) is 88.7 Å². The fraction of sp³-hybridized carbons (Fsp3) is 0.259. The molecule has 1 heterocycles. The molecule has 182 valence electrons. The predicted octanol–water partition coefficient (Wildman–Crippen LogP) is 4.45. The number of fused-ring (bicyclic) bond motifs is 1. The van der Waals surface area contributed by atoms with Crippen molar-refractivity contribution >= 4 is 11.9 Å². The summed E-state index contributed by atoms with van der Waals surface area (Å²) in [6.45, 7) is 0.612. The van der Waals surface area contributed by atoms with Crippen molar-refractivity contribution in [3.8, 4) is 17.2 Å².